The summed E-state index contributed by atoms with van der Waals surface area (Å²) >= 11 is 0. The molecule has 0 spiro atoms. The van der Waals surface area contributed by atoms with Gasteiger partial charge >= 0.3 is 0 Å². The average Bonchev–Trinajstić information content (AvgIpc) is 2.71. The van der Waals surface area contributed by atoms with Crippen LogP contribution in [0.3, 0.4) is 0 Å². The van der Waals surface area contributed by atoms with E-state index in [1.54, 1.807) is 7.11 Å². The first-order valence-corrected chi connectivity index (χ1v) is 7.93. The van der Waals surface area contributed by atoms with E-state index in [1.807, 2.05) is 24.3 Å². The van der Waals surface area contributed by atoms with E-state index >= 15 is 0 Å². The van der Waals surface area contributed by atoms with Gasteiger partial charge in [-0.1, -0.05) is 25.0 Å². The van der Waals surface area contributed by atoms with Crippen LogP contribution >= 0.6 is 0 Å². The van der Waals surface area contributed by atoms with Crippen molar-refractivity contribution < 1.29 is 19.4 Å². The number of ether oxygens (including phenoxy) is 1. The molecule has 0 bridgehead atoms. The molecule has 0 radical (unpaired) electrons. The van der Waals surface area contributed by atoms with E-state index in [0.29, 0.717) is 18.6 Å². The lowest BCUT2D eigenvalue weighted by Crippen LogP contribution is -2.37. The third-order valence-electron chi connectivity index (χ3n) is 4.55. The van der Waals surface area contributed by atoms with Crippen LogP contribution in [0.1, 0.15) is 50.5 Å². The fraction of sp³-hybridized carbons (Fsp3) is 0.556. The zero-order valence-electron chi connectivity index (χ0n) is 13.1. The number of benzene rings is 1. The number of hydrogen-bond donors (Lipinski definition) is 1. The second kappa shape index (κ2) is 7.54. The minimum absolute atomic E-state index is 0.0550. The summed E-state index contributed by atoms with van der Waals surface area (Å²) in [5, 5.41) is 9.00. The summed E-state index contributed by atoms with van der Waals surface area (Å²) in [5.41, 5.74) is 0.113. The second-order valence-corrected chi connectivity index (χ2v) is 5.99. The van der Waals surface area contributed by atoms with Crippen LogP contribution in [0.2, 0.25) is 0 Å². The smallest absolute Gasteiger partial charge is 0.143 e. The third-order valence-corrected chi connectivity index (χ3v) is 4.55. The lowest BCUT2D eigenvalue weighted by atomic mass is 9.69. The fourth-order valence-corrected chi connectivity index (χ4v) is 3.33. The number of carbonyl (C=O) groups is 2. The predicted molar refractivity (Wildman–Crippen MR) is 84.1 cm³/mol. The molecule has 0 amide bonds. The van der Waals surface area contributed by atoms with Gasteiger partial charge in [0.1, 0.15) is 17.3 Å². The highest BCUT2D eigenvalue weighted by molar-refractivity contribution is 5.95. The highest BCUT2D eigenvalue weighted by Gasteiger charge is 2.41. The number of methoxy groups -OCH3 is 1. The Morgan fingerprint density at radius 3 is 2.86 bits per heavy atom. The van der Waals surface area contributed by atoms with E-state index < -0.39 is 5.41 Å². The first-order valence-electron chi connectivity index (χ1n) is 7.93. The van der Waals surface area contributed by atoms with Gasteiger partial charge in [-0.25, -0.2) is 0 Å². The van der Waals surface area contributed by atoms with Crippen molar-refractivity contribution in [2.75, 3.05) is 13.7 Å². The van der Waals surface area contributed by atoms with Gasteiger partial charge in [0.05, 0.1) is 12.5 Å². The number of aliphatic hydroxyl groups is 1. The Labute approximate surface area is 131 Å². The fourth-order valence-electron chi connectivity index (χ4n) is 3.33. The number of aliphatic hydroxyl groups excluding tert-OH is 1. The molecule has 1 aromatic rings. The molecule has 1 N–H and O–H groups in total. The Bertz CT molecular complexity index is 538. The average molecular weight is 304 g/mol. The molecule has 120 valence electrons. The van der Waals surface area contributed by atoms with Crippen molar-refractivity contribution in [3.63, 3.8) is 0 Å². The SMILES string of the molecule is COc1cccc(C2(CC(=O)CCO)CCCCCC2=O)c1. The molecular formula is C18H24O4. The molecule has 22 heavy (non-hydrogen) atoms. The second-order valence-electron chi connectivity index (χ2n) is 5.99. The zero-order valence-corrected chi connectivity index (χ0v) is 13.1. The van der Waals surface area contributed by atoms with Crippen LogP contribution in [0, 0.1) is 0 Å². The number of hydrogen-bond acceptors (Lipinski definition) is 4. The maximum Gasteiger partial charge on any atom is 0.143 e. The van der Waals surface area contributed by atoms with Gasteiger partial charge in [-0.15, -0.1) is 0 Å². The van der Waals surface area contributed by atoms with Gasteiger partial charge in [0.25, 0.3) is 0 Å². The minimum atomic E-state index is -0.753. The standard InChI is InChI=1S/C18H24O4/c1-22-16-7-5-6-14(12-16)18(13-15(20)9-11-19)10-4-2-3-8-17(18)21/h5-7,12,19H,2-4,8-11,13H2,1H3. The van der Waals surface area contributed by atoms with Crippen molar-refractivity contribution in [2.45, 2.75) is 50.4 Å². The first-order chi connectivity index (χ1) is 10.6. The molecule has 4 nitrogen and oxygen atoms in total. The Kier molecular flexibility index (Phi) is 5.72. The van der Waals surface area contributed by atoms with E-state index in [0.717, 1.165) is 24.8 Å². The van der Waals surface area contributed by atoms with Gasteiger partial charge in [-0.05, 0) is 30.5 Å². The number of carbonyl (C=O) groups excluding carboxylic acids is 2. The summed E-state index contributed by atoms with van der Waals surface area (Å²) in [5.74, 6) is 0.786. The molecule has 1 aliphatic carbocycles. The first kappa shape index (κ1) is 16.7. The van der Waals surface area contributed by atoms with Gasteiger partial charge in [0.15, 0.2) is 0 Å². The highest BCUT2D eigenvalue weighted by atomic mass is 16.5. The monoisotopic (exact) mass is 304 g/mol. The maximum absolute atomic E-state index is 12.8. The lowest BCUT2D eigenvalue weighted by Gasteiger charge is -2.31. The summed E-state index contributed by atoms with van der Waals surface area (Å²) < 4.78 is 5.27. The summed E-state index contributed by atoms with van der Waals surface area (Å²) in [7, 11) is 1.59. The summed E-state index contributed by atoms with van der Waals surface area (Å²) in [6.07, 6.45) is 4.35. The van der Waals surface area contributed by atoms with E-state index in [4.69, 9.17) is 9.84 Å². The van der Waals surface area contributed by atoms with E-state index in [2.05, 4.69) is 0 Å². The molecule has 0 saturated heterocycles. The normalized spacial score (nSPS) is 22.2. The number of ketones is 2. The van der Waals surface area contributed by atoms with Crippen molar-refractivity contribution in [1.29, 1.82) is 0 Å². The molecular weight excluding hydrogens is 280 g/mol. The van der Waals surface area contributed by atoms with E-state index in [9.17, 15) is 9.59 Å². The van der Waals surface area contributed by atoms with Crippen LogP contribution in [-0.2, 0) is 15.0 Å². The zero-order chi connectivity index (χ0) is 16.0. The highest BCUT2D eigenvalue weighted by Crippen LogP contribution is 2.40. The van der Waals surface area contributed by atoms with Crippen LogP contribution in [0.4, 0.5) is 0 Å². The molecule has 2 rings (SSSR count). The van der Waals surface area contributed by atoms with Gasteiger partial charge in [-0.2, -0.15) is 0 Å². The van der Waals surface area contributed by atoms with Crippen LogP contribution in [0.25, 0.3) is 0 Å². The van der Waals surface area contributed by atoms with E-state index in [-0.39, 0.29) is 31.0 Å². The molecule has 1 atom stereocenters. The molecule has 0 aliphatic heterocycles. The summed E-state index contributed by atoms with van der Waals surface area (Å²) in [4.78, 5) is 25.0. The summed E-state index contributed by atoms with van der Waals surface area (Å²) in [6.45, 7) is -0.165. The van der Waals surface area contributed by atoms with Gasteiger partial charge in [0.2, 0.25) is 0 Å². The van der Waals surface area contributed by atoms with E-state index in [1.165, 1.54) is 0 Å². The number of Topliss-reactive ketones (excluding diaryl/α,β-unsaturated/α-hetero) is 2. The minimum Gasteiger partial charge on any atom is -0.497 e. The molecule has 1 saturated carbocycles. The van der Waals surface area contributed by atoms with Crippen molar-refractivity contribution in [1.82, 2.24) is 0 Å². The van der Waals surface area contributed by atoms with Crippen molar-refractivity contribution in [2.24, 2.45) is 0 Å². The Balaban J connectivity index is 2.42. The Morgan fingerprint density at radius 2 is 2.14 bits per heavy atom. The molecule has 1 unspecified atom stereocenters. The molecule has 0 aromatic heterocycles. The van der Waals surface area contributed by atoms with Gasteiger partial charge < -0.3 is 9.84 Å². The topological polar surface area (TPSA) is 63.6 Å². The molecule has 1 aromatic carbocycles. The van der Waals surface area contributed by atoms with Crippen LogP contribution in [0.5, 0.6) is 5.75 Å². The maximum atomic E-state index is 12.8. The van der Waals surface area contributed by atoms with Crippen molar-refractivity contribution in [3.05, 3.63) is 29.8 Å². The van der Waals surface area contributed by atoms with Gasteiger partial charge in [-0.3, -0.25) is 9.59 Å². The predicted octanol–water partition coefficient (Wildman–Crippen LogP) is 2.81. The summed E-state index contributed by atoms with van der Waals surface area (Å²) in [6, 6.07) is 7.49. The Morgan fingerprint density at radius 1 is 1.32 bits per heavy atom. The Hall–Kier alpha value is -1.68. The lowest BCUT2D eigenvalue weighted by molar-refractivity contribution is -0.130. The number of rotatable bonds is 6. The van der Waals surface area contributed by atoms with Crippen LogP contribution in [-0.4, -0.2) is 30.4 Å². The van der Waals surface area contributed by atoms with Crippen molar-refractivity contribution >= 4 is 11.6 Å². The largest absolute Gasteiger partial charge is 0.497 e. The quantitative estimate of drug-likeness (QED) is 0.821. The molecule has 0 heterocycles. The van der Waals surface area contributed by atoms with Crippen LogP contribution in [0.15, 0.2) is 24.3 Å². The molecule has 1 aliphatic rings. The third kappa shape index (κ3) is 3.55. The molecule has 4 heteroatoms. The molecule has 1 fully saturated rings. The van der Waals surface area contributed by atoms with Crippen molar-refractivity contribution in [3.8, 4) is 5.75 Å². The van der Waals surface area contributed by atoms with Crippen LogP contribution < -0.4 is 4.74 Å². The van der Waals surface area contributed by atoms with Gasteiger partial charge in [0, 0.05) is 25.9 Å².